The van der Waals surface area contributed by atoms with Crippen molar-refractivity contribution < 1.29 is 4.79 Å². The Hall–Kier alpha value is -0.640. The highest BCUT2D eigenvalue weighted by molar-refractivity contribution is 9.10. The Morgan fingerprint density at radius 2 is 2.44 bits per heavy atom. The Kier molecular flexibility index (Phi) is 1.66. The number of halogens is 1. The lowest BCUT2D eigenvalue weighted by molar-refractivity contribution is 0.112. The maximum atomic E-state index is 10.2. The number of H-pyrrole nitrogens is 1. The van der Waals surface area contributed by atoms with Gasteiger partial charge in [0.15, 0.2) is 6.29 Å². The van der Waals surface area contributed by atoms with Gasteiger partial charge >= 0.3 is 0 Å². The number of aldehydes is 1. The molecule has 9 heavy (non-hydrogen) atoms. The summed E-state index contributed by atoms with van der Waals surface area (Å²) in [5.41, 5.74) is 1.38. The van der Waals surface area contributed by atoms with E-state index in [1.807, 2.05) is 0 Å². The van der Waals surface area contributed by atoms with E-state index in [9.17, 15) is 4.79 Å². The van der Waals surface area contributed by atoms with Gasteiger partial charge in [-0.25, -0.2) is 0 Å². The predicted octanol–water partition coefficient (Wildman–Crippen LogP) is 1.29. The number of nitrogens with zero attached hydrogens (tertiary/aromatic N) is 1. The Balaban J connectivity index is 3.22. The molecular formula is C5H5BrN2O. The Morgan fingerprint density at radius 1 is 1.78 bits per heavy atom. The summed E-state index contributed by atoms with van der Waals surface area (Å²) >= 11 is 3.10. The molecule has 1 N–H and O–H groups in total. The highest BCUT2D eigenvalue weighted by atomic mass is 79.9. The zero-order valence-electron chi connectivity index (χ0n) is 4.81. The van der Waals surface area contributed by atoms with E-state index >= 15 is 0 Å². The standard InChI is InChI=1S/C5H5BrN2O/c1-3-4(2-9)5(6)8-7-3/h2H,1H3,(H,7,8). The molecule has 0 saturated heterocycles. The second-order valence-corrected chi connectivity index (χ2v) is 2.42. The zero-order valence-corrected chi connectivity index (χ0v) is 6.40. The number of aromatic nitrogens is 2. The Bertz CT molecular complexity index is 211. The van der Waals surface area contributed by atoms with E-state index in [1.165, 1.54) is 0 Å². The van der Waals surface area contributed by atoms with Crippen molar-refractivity contribution in [1.82, 2.24) is 10.2 Å². The number of aryl methyl sites for hydroxylation is 1. The number of rotatable bonds is 1. The van der Waals surface area contributed by atoms with Crippen LogP contribution in [0.4, 0.5) is 0 Å². The van der Waals surface area contributed by atoms with Gasteiger partial charge in [0.25, 0.3) is 0 Å². The van der Waals surface area contributed by atoms with Crippen LogP contribution in [0.2, 0.25) is 0 Å². The SMILES string of the molecule is Cc1[nH]nc(Br)c1C=O. The Morgan fingerprint density at radius 3 is 2.67 bits per heavy atom. The minimum atomic E-state index is 0.579. The highest BCUT2D eigenvalue weighted by Gasteiger charge is 2.03. The summed E-state index contributed by atoms with van der Waals surface area (Å²) in [5.74, 6) is 0. The van der Waals surface area contributed by atoms with E-state index in [-0.39, 0.29) is 0 Å². The molecule has 1 heterocycles. The molecule has 0 spiro atoms. The molecule has 0 fully saturated rings. The van der Waals surface area contributed by atoms with Crippen molar-refractivity contribution in [3.63, 3.8) is 0 Å². The van der Waals surface area contributed by atoms with Gasteiger partial charge in [-0.1, -0.05) is 0 Å². The van der Waals surface area contributed by atoms with Crippen LogP contribution in [0.3, 0.4) is 0 Å². The van der Waals surface area contributed by atoms with Gasteiger partial charge in [0.05, 0.1) is 5.56 Å². The lowest BCUT2D eigenvalue weighted by Gasteiger charge is -1.81. The molecule has 0 radical (unpaired) electrons. The van der Waals surface area contributed by atoms with E-state index in [2.05, 4.69) is 26.1 Å². The minimum absolute atomic E-state index is 0.579. The summed E-state index contributed by atoms with van der Waals surface area (Å²) in [7, 11) is 0. The molecule has 0 aromatic carbocycles. The van der Waals surface area contributed by atoms with E-state index < -0.39 is 0 Å². The summed E-state index contributed by atoms with van der Waals surface area (Å²) in [6.07, 6.45) is 0.767. The lowest BCUT2D eigenvalue weighted by Crippen LogP contribution is -1.79. The molecule has 0 aliphatic rings. The van der Waals surface area contributed by atoms with Crippen molar-refractivity contribution in [1.29, 1.82) is 0 Å². The van der Waals surface area contributed by atoms with Gasteiger partial charge in [-0.15, -0.1) is 0 Å². The maximum absolute atomic E-state index is 10.2. The van der Waals surface area contributed by atoms with Gasteiger partial charge in [-0.05, 0) is 22.9 Å². The normalized spacial score (nSPS) is 9.56. The van der Waals surface area contributed by atoms with Crippen LogP contribution < -0.4 is 0 Å². The third kappa shape index (κ3) is 1.03. The zero-order chi connectivity index (χ0) is 6.85. The molecule has 1 aromatic rings. The number of carbonyl (C=O) groups excluding carboxylic acids is 1. The molecule has 1 aromatic heterocycles. The van der Waals surface area contributed by atoms with Crippen LogP contribution in [-0.2, 0) is 0 Å². The molecule has 4 heteroatoms. The highest BCUT2D eigenvalue weighted by Crippen LogP contribution is 2.12. The molecule has 0 saturated carbocycles. The molecule has 0 unspecified atom stereocenters. The Labute approximate surface area is 60.6 Å². The number of hydrogen-bond donors (Lipinski definition) is 1. The van der Waals surface area contributed by atoms with Gasteiger partial charge in [0.1, 0.15) is 4.60 Å². The first-order valence-electron chi connectivity index (χ1n) is 2.41. The summed E-state index contributed by atoms with van der Waals surface area (Å²) in [6.45, 7) is 1.79. The average molecular weight is 189 g/mol. The second kappa shape index (κ2) is 2.31. The number of aromatic amines is 1. The van der Waals surface area contributed by atoms with Gasteiger partial charge in [0.2, 0.25) is 0 Å². The van der Waals surface area contributed by atoms with Gasteiger partial charge in [-0.2, -0.15) is 5.10 Å². The van der Waals surface area contributed by atoms with Crippen LogP contribution >= 0.6 is 15.9 Å². The van der Waals surface area contributed by atoms with Crippen molar-refractivity contribution in [3.05, 3.63) is 15.9 Å². The molecule has 0 amide bonds. The number of nitrogens with one attached hydrogen (secondary N) is 1. The van der Waals surface area contributed by atoms with Crippen LogP contribution in [0, 0.1) is 6.92 Å². The molecule has 1 rings (SSSR count). The molecule has 0 aliphatic carbocycles. The minimum Gasteiger partial charge on any atom is -0.298 e. The first kappa shape index (κ1) is 6.48. The second-order valence-electron chi connectivity index (χ2n) is 1.67. The average Bonchev–Trinajstić information content (AvgIpc) is 2.12. The van der Waals surface area contributed by atoms with Crippen molar-refractivity contribution in [2.45, 2.75) is 6.92 Å². The summed E-state index contributed by atoms with van der Waals surface area (Å²) in [5, 5.41) is 6.41. The van der Waals surface area contributed by atoms with Crippen molar-refractivity contribution in [3.8, 4) is 0 Å². The monoisotopic (exact) mass is 188 g/mol. The van der Waals surface area contributed by atoms with Crippen molar-refractivity contribution in [2.75, 3.05) is 0 Å². The molecule has 3 nitrogen and oxygen atoms in total. The van der Waals surface area contributed by atoms with Gasteiger partial charge in [-0.3, -0.25) is 9.89 Å². The fraction of sp³-hybridized carbons (Fsp3) is 0.200. The summed E-state index contributed by atoms with van der Waals surface area (Å²) < 4.78 is 0.579. The van der Waals surface area contributed by atoms with Crippen LogP contribution in [0.15, 0.2) is 4.60 Å². The fourth-order valence-electron chi connectivity index (χ4n) is 0.545. The summed E-state index contributed by atoms with van der Waals surface area (Å²) in [4.78, 5) is 10.2. The third-order valence-corrected chi connectivity index (χ3v) is 1.67. The van der Waals surface area contributed by atoms with Crippen LogP contribution in [-0.4, -0.2) is 16.5 Å². The van der Waals surface area contributed by atoms with E-state index in [4.69, 9.17) is 0 Å². The first-order chi connectivity index (χ1) is 4.25. The summed E-state index contributed by atoms with van der Waals surface area (Å²) in [6, 6.07) is 0. The van der Waals surface area contributed by atoms with Crippen LogP contribution in [0.1, 0.15) is 16.1 Å². The third-order valence-electron chi connectivity index (χ3n) is 1.07. The molecule has 0 bridgehead atoms. The van der Waals surface area contributed by atoms with E-state index in [1.54, 1.807) is 6.92 Å². The van der Waals surface area contributed by atoms with E-state index in [0.717, 1.165) is 12.0 Å². The topological polar surface area (TPSA) is 45.8 Å². The number of hydrogen-bond acceptors (Lipinski definition) is 2. The van der Waals surface area contributed by atoms with Crippen molar-refractivity contribution >= 4 is 22.2 Å². The van der Waals surface area contributed by atoms with Gasteiger partial charge in [0, 0.05) is 5.69 Å². The van der Waals surface area contributed by atoms with Gasteiger partial charge < -0.3 is 0 Å². The molecular weight excluding hydrogens is 184 g/mol. The fourth-order valence-corrected chi connectivity index (χ4v) is 1.02. The molecule has 48 valence electrons. The largest absolute Gasteiger partial charge is 0.298 e. The lowest BCUT2D eigenvalue weighted by atomic mass is 10.3. The number of carbonyl (C=O) groups is 1. The maximum Gasteiger partial charge on any atom is 0.154 e. The van der Waals surface area contributed by atoms with Crippen molar-refractivity contribution in [2.24, 2.45) is 0 Å². The first-order valence-corrected chi connectivity index (χ1v) is 3.20. The van der Waals surface area contributed by atoms with Crippen LogP contribution in [0.5, 0.6) is 0 Å². The van der Waals surface area contributed by atoms with Crippen LogP contribution in [0.25, 0.3) is 0 Å². The quantitative estimate of drug-likeness (QED) is 0.676. The smallest absolute Gasteiger partial charge is 0.154 e. The molecule has 0 aliphatic heterocycles. The molecule has 0 atom stereocenters. The van der Waals surface area contributed by atoms with E-state index in [0.29, 0.717) is 10.2 Å². The predicted molar refractivity (Wildman–Crippen MR) is 36.4 cm³/mol.